The molecule has 1 aromatic heterocycles. The van der Waals surface area contributed by atoms with Crippen LogP contribution in [0.5, 0.6) is 0 Å². The molecule has 6 nitrogen and oxygen atoms in total. The lowest BCUT2D eigenvalue weighted by atomic mass is 10.0. The standard InChI is InChI=1S/C21H23FN2O4/c1-11-9-23(7-3-4-17(11)25)19-12(2)18-14(8-16(19)22)20(26)15(21(27)28)10-24(18)13-5-6-13/h8,10-11,13H,3-7,9H2,1-2H3,(H,27,28). The largest absolute Gasteiger partial charge is 0.477 e. The van der Waals surface area contributed by atoms with Crippen LogP contribution in [0, 0.1) is 18.7 Å². The number of carbonyl (C=O) groups is 2. The van der Waals surface area contributed by atoms with Gasteiger partial charge in [-0.25, -0.2) is 9.18 Å². The van der Waals surface area contributed by atoms with Crippen LogP contribution in [-0.2, 0) is 4.79 Å². The Hall–Kier alpha value is -2.70. The van der Waals surface area contributed by atoms with Crippen LogP contribution in [0.1, 0.15) is 54.6 Å². The van der Waals surface area contributed by atoms with Gasteiger partial charge in [0, 0.05) is 43.1 Å². The maximum atomic E-state index is 15.2. The SMILES string of the molecule is Cc1c(N2CCCC(=O)C(C)C2)c(F)cc2c(=O)c(C(=O)O)cn(C3CC3)c12. The van der Waals surface area contributed by atoms with E-state index in [4.69, 9.17) is 0 Å². The molecule has 1 saturated carbocycles. The maximum Gasteiger partial charge on any atom is 0.341 e. The lowest BCUT2D eigenvalue weighted by molar-refractivity contribution is -0.121. The summed E-state index contributed by atoms with van der Waals surface area (Å²) in [4.78, 5) is 38.1. The number of nitrogens with zero attached hydrogens (tertiary/aromatic N) is 2. The minimum absolute atomic E-state index is 0.101. The van der Waals surface area contributed by atoms with Gasteiger partial charge in [-0.05, 0) is 37.8 Å². The maximum absolute atomic E-state index is 15.2. The summed E-state index contributed by atoms with van der Waals surface area (Å²) in [6.45, 7) is 4.63. The van der Waals surface area contributed by atoms with Crippen LogP contribution in [-0.4, -0.2) is 34.5 Å². The number of benzene rings is 1. The first kappa shape index (κ1) is 18.7. The van der Waals surface area contributed by atoms with E-state index in [1.807, 2.05) is 16.4 Å². The Bertz CT molecular complexity index is 1050. The highest BCUT2D eigenvalue weighted by molar-refractivity contribution is 5.95. The normalized spacial score (nSPS) is 20.5. The van der Waals surface area contributed by atoms with Crippen molar-refractivity contribution < 1.29 is 19.1 Å². The topological polar surface area (TPSA) is 79.6 Å². The summed E-state index contributed by atoms with van der Waals surface area (Å²) in [5.41, 5.74) is 0.632. The zero-order valence-electron chi connectivity index (χ0n) is 16.0. The summed E-state index contributed by atoms with van der Waals surface area (Å²) in [7, 11) is 0. The van der Waals surface area contributed by atoms with Crippen LogP contribution in [0.3, 0.4) is 0 Å². The monoisotopic (exact) mass is 386 g/mol. The lowest BCUT2D eigenvalue weighted by Gasteiger charge is -2.28. The molecule has 2 fully saturated rings. The number of hydrogen-bond acceptors (Lipinski definition) is 4. The van der Waals surface area contributed by atoms with Crippen molar-refractivity contribution >= 4 is 28.3 Å². The number of ketones is 1. The molecule has 1 unspecified atom stereocenters. The summed E-state index contributed by atoms with van der Waals surface area (Å²) in [6.07, 6.45) is 4.35. The molecule has 0 spiro atoms. The Balaban J connectivity index is 1.96. The molecule has 1 aromatic carbocycles. The number of aryl methyl sites for hydroxylation is 1. The molecule has 0 bridgehead atoms. The number of carbonyl (C=O) groups excluding carboxylic acids is 1. The van der Waals surface area contributed by atoms with Gasteiger partial charge in [0.25, 0.3) is 0 Å². The number of hydrogen-bond donors (Lipinski definition) is 1. The van der Waals surface area contributed by atoms with Crippen LogP contribution >= 0.6 is 0 Å². The van der Waals surface area contributed by atoms with Gasteiger partial charge in [0.2, 0.25) is 5.43 Å². The number of rotatable bonds is 3. The van der Waals surface area contributed by atoms with E-state index in [-0.39, 0.29) is 28.7 Å². The lowest BCUT2D eigenvalue weighted by Crippen LogP contribution is -2.31. The van der Waals surface area contributed by atoms with Gasteiger partial charge in [-0.3, -0.25) is 9.59 Å². The average molecular weight is 386 g/mol. The van der Waals surface area contributed by atoms with Crippen molar-refractivity contribution in [3.05, 3.63) is 39.4 Å². The molecule has 4 rings (SSSR count). The number of anilines is 1. The molecule has 28 heavy (non-hydrogen) atoms. The van der Waals surface area contributed by atoms with Gasteiger partial charge in [-0.1, -0.05) is 6.92 Å². The molecule has 1 aliphatic carbocycles. The van der Waals surface area contributed by atoms with Gasteiger partial charge >= 0.3 is 5.97 Å². The van der Waals surface area contributed by atoms with Crippen molar-refractivity contribution in [2.24, 2.45) is 5.92 Å². The summed E-state index contributed by atoms with van der Waals surface area (Å²) in [5, 5.41) is 9.49. The van der Waals surface area contributed by atoms with Crippen LogP contribution < -0.4 is 10.3 Å². The Morgan fingerprint density at radius 1 is 1.29 bits per heavy atom. The van der Waals surface area contributed by atoms with E-state index in [0.717, 1.165) is 12.8 Å². The Morgan fingerprint density at radius 3 is 2.64 bits per heavy atom. The molecule has 2 aliphatic rings. The molecule has 0 radical (unpaired) electrons. The highest BCUT2D eigenvalue weighted by Crippen LogP contribution is 2.40. The second-order valence-electron chi connectivity index (χ2n) is 7.96. The first-order valence-electron chi connectivity index (χ1n) is 9.68. The summed E-state index contributed by atoms with van der Waals surface area (Å²) >= 11 is 0. The third-order valence-corrected chi connectivity index (χ3v) is 5.86. The van der Waals surface area contributed by atoms with Crippen molar-refractivity contribution in [3.63, 3.8) is 0 Å². The van der Waals surface area contributed by atoms with E-state index in [1.54, 1.807) is 6.92 Å². The van der Waals surface area contributed by atoms with E-state index >= 15 is 4.39 Å². The second kappa shape index (κ2) is 6.72. The summed E-state index contributed by atoms with van der Waals surface area (Å²) in [6, 6.07) is 1.30. The smallest absolute Gasteiger partial charge is 0.341 e. The fraction of sp³-hybridized carbons (Fsp3) is 0.476. The van der Waals surface area contributed by atoms with Gasteiger partial charge < -0.3 is 14.6 Å². The number of carboxylic acid groups (broad SMARTS) is 1. The molecule has 1 atom stereocenters. The zero-order chi connectivity index (χ0) is 20.2. The minimum atomic E-state index is -1.30. The van der Waals surface area contributed by atoms with E-state index in [2.05, 4.69) is 0 Å². The van der Waals surface area contributed by atoms with Crippen LogP contribution in [0.25, 0.3) is 10.9 Å². The molecule has 1 saturated heterocycles. The summed E-state index contributed by atoms with van der Waals surface area (Å²) in [5.74, 6) is -1.85. The van der Waals surface area contributed by atoms with Crippen molar-refractivity contribution in [1.82, 2.24) is 4.57 Å². The summed E-state index contributed by atoms with van der Waals surface area (Å²) < 4.78 is 17.0. The first-order valence-corrected chi connectivity index (χ1v) is 9.68. The number of aromatic nitrogens is 1. The number of halogens is 1. The van der Waals surface area contributed by atoms with Gasteiger partial charge in [0.1, 0.15) is 17.2 Å². The van der Waals surface area contributed by atoms with Crippen molar-refractivity contribution in [2.45, 2.75) is 45.6 Å². The van der Waals surface area contributed by atoms with Gasteiger partial charge in [-0.2, -0.15) is 0 Å². The number of aromatic carboxylic acids is 1. The van der Waals surface area contributed by atoms with E-state index in [1.165, 1.54) is 12.3 Å². The fourth-order valence-electron chi connectivity index (χ4n) is 4.27. The predicted molar refractivity (Wildman–Crippen MR) is 104 cm³/mol. The Morgan fingerprint density at radius 2 is 2.00 bits per heavy atom. The van der Waals surface area contributed by atoms with Crippen LogP contribution in [0.2, 0.25) is 0 Å². The number of fused-ring (bicyclic) bond motifs is 1. The number of carboxylic acids is 1. The van der Waals surface area contributed by atoms with Crippen molar-refractivity contribution in [1.29, 1.82) is 0 Å². The minimum Gasteiger partial charge on any atom is -0.477 e. The van der Waals surface area contributed by atoms with Gasteiger partial charge in [0.05, 0.1) is 11.2 Å². The second-order valence-corrected chi connectivity index (χ2v) is 7.96. The van der Waals surface area contributed by atoms with Gasteiger partial charge in [-0.15, -0.1) is 0 Å². The Kier molecular flexibility index (Phi) is 4.48. The van der Waals surface area contributed by atoms with Gasteiger partial charge in [0.15, 0.2) is 0 Å². The third-order valence-electron chi connectivity index (χ3n) is 5.86. The Labute approximate surface area is 161 Å². The molecular weight excluding hydrogens is 363 g/mol. The highest BCUT2D eigenvalue weighted by atomic mass is 19.1. The molecule has 148 valence electrons. The molecule has 1 N–H and O–H groups in total. The number of Topliss-reactive ketones (excluding diaryl/α,β-unsaturated/α-hetero) is 1. The molecule has 7 heteroatoms. The predicted octanol–water partition coefficient (Wildman–Crippen LogP) is 3.29. The first-order chi connectivity index (χ1) is 13.3. The van der Waals surface area contributed by atoms with E-state index in [0.29, 0.717) is 42.7 Å². The van der Waals surface area contributed by atoms with E-state index < -0.39 is 17.2 Å². The zero-order valence-corrected chi connectivity index (χ0v) is 16.0. The molecule has 0 amide bonds. The van der Waals surface area contributed by atoms with Crippen LogP contribution in [0.4, 0.5) is 10.1 Å². The van der Waals surface area contributed by atoms with Crippen LogP contribution in [0.15, 0.2) is 17.1 Å². The quantitative estimate of drug-likeness (QED) is 0.876. The molecular formula is C21H23FN2O4. The van der Waals surface area contributed by atoms with Crippen molar-refractivity contribution in [2.75, 3.05) is 18.0 Å². The average Bonchev–Trinajstić information content (AvgIpc) is 3.47. The molecule has 1 aliphatic heterocycles. The number of pyridine rings is 1. The third kappa shape index (κ3) is 2.99. The van der Waals surface area contributed by atoms with E-state index in [9.17, 15) is 19.5 Å². The molecule has 2 aromatic rings. The highest BCUT2D eigenvalue weighted by Gasteiger charge is 2.30. The fourth-order valence-corrected chi connectivity index (χ4v) is 4.27. The van der Waals surface area contributed by atoms with Crippen molar-refractivity contribution in [3.8, 4) is 0 Å². The molecule has 2 heterocycles.